The van der Waals surface area contributed by atoms with Crippen LogP contribution in [-0.4, -0.2) is 29.2 Å². The summed E-state index contributed by atoms with van der Waals surface area (Å²) in [5, 5.41) is 0.234. The van der Waals surface area contributed by atoms with E-state index in [4.69, 9.17) is 0 Å². The summed E-state index contributed by atoms with van der Waals surface area (Å²) in [6.45, 7) is 0.997. The van der Waals surface area contributed by atoms with Gasteiger partial charge in [0.2, 0.25) is 0 Å². The Hall–Kier alpha value is -2.23. The molecule has 3 aromatic rings. The summed E-state index contributed by atoms with van der Waals surface area (Å²) in [7, 11) is -4.06. The highest BCUT2D eigenvalue weighted by Crippen LogP contribution is 2.33. The number of likely N-dealkylation sites (tertiary alicyclic amines) is 1. The zero-order valence-corrected chi connectivity index (χ0v) is 17.8. The summed E-state index contributed by atoms with van der Waals surface area (Å²) in [4.78, 5) is 5.31. The van der Waals surface area contributed by atoms with E-state index in [9.17, 15) is 17.2 Å². The molecule has 0 aliphatic carbocycles. The first-order chi connectivity index (χ1) is 14.4. The maximum absolute atomic E-state index is 14.8. The maximum Gasteiger partial charge on any atom is 0.187 e. The number of nitrogens with zero attached hydrogens (tertiary/aromatic N) is 3. The zero-order chi connectivity index (χ0) is 21.1. The van der Waals surface area contributed by atoms with Crippen LogP contribution in [0.25, 0.3) is 0 Å². The molecule has 9 heteroatoms. The zero-order valence-electron chi connectivity index (χ0n) is 16.2. The smallest absolute Gasteiger partial charge is 0.187 e. The van der Waals surface area contributed by atoms with Crippen LogP contribution in [0.4, 0.5) is 8.78 Å². The Morgan fingerprint density at radius 3 is 2.63 bits per heavy atom. The monoisotopic (exact) mass is 449 g/mol. The van der Waals surface area contributed by atoms with Gasteiger partial charge in [0, 0.05) is 18.2 Å². The lowest BCUT2D eigenvalue weighted by Crippen LogP contribution is -2.33. The van der Waals surface area contributed by atoms with Crippen molar-refractivity contribution in [3.8, 4) is 0 Å². The number of sulfone groups is 1. The van der Waals surface area contributed by atoms with E-state index in [0.717, 1.165) is 55.0 Å². The summed E-state index contributed by atoms with van der Waals surface area (Å²) >= 11 is 0.916. The lowest BCUT2D eigenvalue weighted by atomic mass is 9.94. The van der Waals surface area contributed by atoms with Gasteiger partial charge in [-0.2, -0.15) is 4.37 Å². The fourth-order valence-corrected chi connectivity index (χ4v) is 6.06. The molecular formula is C21H21F2N3O2S2. The van der Waals surface area contributed by atoms with Gasteiger partial charge >= 0.3 is 0 Å². The minimum Gasteiger partial charge on any atom is -0.292 e. The van der Waals surface area contributed by atoms with Crippen LogP contribution >= 0.6 is 11.5 Å². The predicted octanol–water partition coefficient (Wildman–Crippen LogP) is 4.52. The second-order valence-corrected chi connectivity index (χ2v) is 10.2. The molecule has 1 fully saturated rings. The molecule has 1 saturated heterocycles. The number of piperidine rings is 1. The number of hydrogen-bond acceptors (Lipinski definition) is 6. The van der Waals surface area contributed by atoms with Gasteiger partial charge in [0.1, 0.15) is 33.6 Å². The molecule has 1 aliphatic rings. The Bertz CT molecular complexity index is 1110. The molecule has 30 heavy (non-hydrogen) atoms. The third-order valence-corrected chi connectivity index (χ3v) is 7.81. The number of hydrogen-bond donors (Lipinski definition) is 0. The van der Waals surface area contributed by atoms with E-state index in [2.05, 4.69) is 14.3 Å². The second-order valence-electron chi connectivity index (χ2n) is 7.36. The van der Waals surface area contributed by atoms with Gasteiger partial charge in [0.15, 0.2) is 9.84 Å². The van der Waals surface area contributed by atoms with Crippen LogP contribution in [0.5, 0.6) is 0 Å². The Kier molecular flexibility index (Phi) is 6.21. The number of rotatable bonds is 6. The molecule has 0 amide bonds. The molecule has 0 saturated carbocycles. The van der Waals surface area contributed by atoms with Crippen molar-refractivity contribution in [2.75, 3.05) is 6.54 Å². The van der Waals surface area contributed by atoms with E-state index >= 15 is 0 Å². The maximum atomic E-state index is 14.8. The Balaban J connectivity index is 1.58. The lowest BCUT2D eigenvalue weighted by molar-refractivity contribution is 0.138. The summed E-state index contributed by atoms with van der Waals surface area (Å²) in [6.07, 6.45) is 4.25. The Labute approximate surface area is 178 Å². The topological polar surface area (TPSA) is 63.2 Å². The number of benzene rings is 2. The first-order valence-electron chi connectivity index (χ1n) is 9.69. The molecule has 0 unspecified atom stereocenters. The average molecular weight is 450 g/mol. The van der Waals surface area contributed by atoms with E-state index in [1.807, 2.05) is 30.3 Å². The summed E-state index contributed by atoms with van der Waals surface area (Å²) in [5.74, 6) is -2.16. The van der Waals surface area contributed by atoms with Crippen LogP contribution in [0.15, 0.2) is 53.7 Å². The predicted molar refractivity (Wildman–Crippen MR) is 111 cm³/mol. The van der Waals surface area contributed by atoms with Crippen LogP contribution in [0.3, 0.4) is 0 Å². The SMILES string of the molecule is O=S(=O)(Cc1ncns1)c1cc(F)c(CN2CCCC[C@@H]2c2ccccc2)cc1F. The van der Waals surface area contributed by atoms with Gasteiger partial charge in [0.05, 0.1) is 0 Å². The van der Waals surface area contributed by atoms with Gasteiger partial charge in [-0.25, -0.2) is 22.2 Å². The van der Waals surface area contributed by atoms with Crippen LogP contribution in [0, 0.1) is 11.6 Å². The highest BCUT2D eigenvalue weighted by molar-refractivity contribution is 7.90. The van der Waals surface area contributed by atoms with Crippen molar-refractivity contribution in [3.63, 3.8) is 0 Å². The normalized spacial score (nSPS) is 17.9. The van der Waals surface area contributed by atoms with Crippen molar-refractivity contribution >= 4 is 21.4 Å². The van der Waals surface area contributed by atoms with Gasteiger partial charge in [-0.15, -0.1) is 0 Å². The summed E-state index contributed by atoms with van der Waals surface area (Å²) in [6, 6.07) is 11.9. The Morgan fingerprint density at radius 2 is 1.90 bits per heavy atom. The molecule has 158 valence electrons. The van der Waals surface area contributed by atoms with Gasteiger partial charge < -0.3 is 0 Å². The fourth-order valence-electron chi connectivity index (χ4n) is 3.88. The number of aromatic nitrogens is 2. The molecule has 0 spiro atoms. The first-order valence-corrected chi connectivity index (χ1v) is 12.1. The minimum absolute atomic E-state index is 0.128. The van der Waals surface area contributed by atoms with Gasteiger partial charge in [-0.05, 0) is 48.6 Å². The molecule has 1 aromatic heterocycles. The van der Waals surface area contributed by atoms with E-state index in [1.54, 1.807) is 0 Å². The number of halogens is 2. The molecule has 2 heterocycles. The van der Waals surface area contributed by atoms with Gasteiger partial charge in [0.25, 0.3) is 0 Å². The third-order valence-electron chi connectivity index (χ3n) is 5.33. The molecule has 0 N–H and O–H groups in total. The lowest BCUT2D eigenvalue weighted by Gasteiger charge is -2.36. The molecule has 1 atom stereocenters. The summed E-state index contributed by atoms with van der Waals surface area (Å²) < 4.78 is 58.4. The van der Waals surface area contributed by atoms with Crippen LogP contribution in [0.2, 0.25) is 0 Å². The minimum atomic E-state index is -4.06. The molecular weight excluding hydrogens is 428 g/mol. The molecule has 0 bridgehead atoms. The van der Waals surface area contributed by atoms with Crippen molar-refractivity contribution in [2.24, 2.45) is 0 Å². The molecule has 1 aliphatic heterocycles. The summed E-state index contributed by atoms with van der Waals surface area (Å²) in [5.41, 5.74) is 1.31. The molecule has 0 radical (unpaired) electrons. The van der Waals surface area contributed by atoms with E-state index in [0.29, 0.717) is 0 Å². The quantitative estimate of drug-likeness (QED) is 0.554. The standard InChI is InChI=1S/C21H21F2N3O2S2/c22-17-11-20(30(27,28)13-21-24-14-25-29-21)18(23)10-16(17)12-26-9-5-4-8-19(26)15-6-2-1-3-7-15/h1-3,6-7,10-11,14,19H,4-5,8-9,12-13H2/t19-/m1/s1. The molecule has 4 rings (SSSR count). The average Bonchev–Trinajstić information content (AvgIpc) is 3.23. The van der Waals surface area contributed by atoms with E-state index in [1.165, 1.54) is 6.33 Å². The van der Waals surface area contributed by atoms with Crippen LogP contribution < -0.4 is 0 Å². The van der Waals surface area contributed by atoms with Gasteiger partial charge in [-0.3, -0.25) is 4.90 Å². The van der Waals surface area contributed by atoms with Crippen molar-refractivity contribution in [2.45, 2.75) is 42.5 Å². The highest BCUT2D eigenvalue weighted by atomic mass is 32.2. The van der Waals surface area contributed by atoms with Crippen LogP contribution in [-0.2, 0) is 22.1 Å². The third kappa shape index (κ3) is 4.58. The van der Waals surface area contributed by atoms with E-state index < -0.39 is 32.1 Å². The Morgan fingerprint density at radius 1 is 1.10 bits per heavy atom. The van der Waals surface area contributed by atoms with Crippen molar-refractivity contribution < 1.29 is 17.2 Å². The van der Waals surface area contributed by atoms with Crippen LogP contribution in [0.1, 0.15) is 41.4 Å². The van der Waals surface area contributed by atoms with Crippen molar-refractivity contribution in [3.05, 3.63) is 76.6 Å². The fraction of sp³-hybridized carbons (Fsp3) is 0.333. The highest BCUT2D eigenvalue weighted by Gasteiger charge is 2.27. The second kappa shape index (κ2) is 8.87. The molecule has 5 nitrogen and oxygen atoms in total. The van der Waals surface area contributed by atoms with Gasteiger partial charge in [-0.1, -0.05) is 36.8 Å². The van der Waals surface area contributed by atoms with E-state index in [-0.39, 0.29) is 23.2 Å². The molecule has 2 aromatic carbocycles. The first kappa shape index (κ1) is 21.0. The largest absolute Gasteiger partial charge is 0.292 e. The van der Waals surface area contributed by atoms with Crippen molar-refractivity contribution in [1.82, 2.24) is 14.3 Å². The van der Waals surface area contributed by atoms with Crippen molar-refractivity contribution in [1.29, 1.82) is 0 Å².